The van der Waals surface area contributed by atoms with E-state index in [0.29, 0.717) is 28.1 Å². The van der Waals surface area contributed by atoms with Crippen LogP contribution in [0.15, 0.2) is 121 Å². The zero-order chi connectivity index (χ0) is 30.3. The Hall–Kier alpha value is -5.40. The Kier molecular flexibility index (Phi) is 6.80. The quantitative estimate of drug-likeness (QED) is 0.123. The third-order valence-corrected chi connectivity index (χ3v) is 8.96. The number of rotatable bonds is 4. The zero-order valence-electron chi connectivity index (χ0n) is 24.3. The van der Waals surface area contributed by atoms with E-state index in [9.17, 15) is 4.79 Å². The fraction of sp³-hybridized carbons (Fsp3) is 0.105. The molecule has 1 aliphatic heterocycles. The lowest BCUT2D eigenvalue weighted by Gasteiger charge is -2.19. The molecule has 0 aliphatic carbocycles. The standard InChI is InChI=1S/C38H28N4O2S/c43-37(25-14-17-28(18-15-25)44-38(45)42-21-20-26(23-42)24-8-2-1-3-9-24)39-27-16-19-33-34(22-27)41-36-32-13-7-5-11-30(32)29-10-4-6-12-31(29)35(36)40-33/h1-19,22,26H,20-21,23H2,(H,39,43)/t26-/m0/s1. The van der Waals surface area contributed by atoms with Gasteiger partial charge >= 0.3 is 0 Å². The predicted molar refractivity (Wildman–Crippen MR) is 185 cm³/mol. The molecular formula is C38H28N4O2S. The van der Waals surface area contributed by atoms with Crippen molar-refractivity contribution in [3.05, 3.63) is 132 Å². The summed E-state index contributed by atoms with van der Waals surface area (Å²) >= 11 is 5.60. The number of carbonyl (C=O) groups is 1. The van der Waals surface area contributed by atoms with Crippen LogP contribution in [0.1, 0.15) is 28.3 Å². The molecule has 7 heteroatoms. The van der Waals surface area contributed by atoms with Gasteiger partial charge in [-0.05, 0) is 77.4 Å². The first-order valence-corrected chi connectivity index (χ1v) is 15.5. The Bertz CT molecular complexity index is 2250. The van der Waals surface area contributed by atoms with Crippen molar-refractivity contribution in [2.24, 2.45) is 0 Å². The topological polar surface area (TPSA) is 67.3 Å². The van der Waals surface area contributed by atoms with Crippen LogP contribution in [0.2, 0.25) is 0 Å². The van der Waals surface area contributed by atoms with Gasteiger partial charge in [0, 0.05) is 41.0 Å². The highest BCUT2D eigenvalue weighted by Crippen LogP contribution is 2.34. The Balaban J connectivity index is 0.992. The maximum absolute atomic E-state index is 13.2. The Labute approximate surface area is 265 Å². The molecule has 1 saturated heterocycles. The van der Waals surface area contributed by atoms with Crippen LogP contribution in [0, 0.1) is 0 Å². The lowest BCUT2D eigenvalue weighted by molar-refractivity contribution is 0.102. The molecule has 1 aromatic heterocycles. The Morgan fingerprint density at radius 2 is 1.36 bits per heavy atom. The van der Waals surface area contributed by atoms with Gasteiger partial charge in [0.25, 0.3) is 11.1 Å². The van der Waals surface area contributed by atoms with Gasteiger partial charge < -0.3 is 15.0 Å². The minimum atomic E-state index is -0.223. The molecule has 1 atom stereocenters. The smallest absolute Gasteiger partial charge is 0.264 e. The number of ether oxygens (including phenoxy) is 1. The van der Waals surface area contributed by atoms with Gasteiger partial charge in [0.2, 0.25) is 0 Å². The second-order valence-electron chi connectivity index (χ2n) is 11.4. The number of anilines is 1. The monoisotopic (exact) mass is 604 g/mol. The number of nitrogens with zero attached hydrogens (tertiary/aromatic N) is 3. The van der Waals surface area contributed by atoms with Crippen molar-refractivity contribution in [2.45, 2.75) is 12.3 Å². The van der Waals surface area contributed by atoms with Crippen molar-refractivity contribution < 1.29 is 9.53 Å². The molecule has 0 unspecified atom stereocenters. The van der Waals surface area contributed by atoms with Crippen LogP contribution in [-0.4, -0.2) is 39.0 Å². The number of amides is 1. The lowest BCUT2D eigenvalue weighted by atomic mass is 9.99. The van der Waals surface area contributed by atoms with E-state index in [4.69, 9.17) is 26.9 Å². The molecule has 1 N–H and O–H groups in total. The summed E-state index contributed by atoms with van der Waals surface area (Å²) in [6.07, 6.45) is 1.04. The van der Waals surface area contributed by atoms with Crippen LogP contribution in [0.3, 0.4) is 0 Å². The molecule has 2 heterocycles. The second kappa shape index (κ2) is 11.3. The average Bonchev–Trinajstić information content (AvgIpc) is 3.59. The van der Waals surface area contributed by atoms with Gasteiger partial charge in [0.05, 0.1) is 22.1 Å². The number of carbonyl (C=O) groups excluding carboxylic acids is 1. The minimum Gasteiger partial charge on any atom is -0.432 e. The molecule has 8 rings (SSSR count). The molecule has 1 aliphatic rings. The minimum absolute atomic E-state index is 0.223. The molecule has 0 bridgehead atoms. The predicted octanol–water partition coefficient (Wildman–Crippen LogP) is 8.49. The first-order valence-electron chi connectivity index (χ1n) is 15.0. The number of thiocarbonyl (C=S) groups is 1. The molecule has 0 saturated carbocycles. The first kappa shape index (κ1) is 27.2. The number of nitrogens with one attached hydrogen (secondary N) is 1. The van der Waals surface area contributed by atoms with Gasteiger partial charge in [-0.2, -0.15) is 0 Å². The largest absolute Gasteiger partial charge is 0.432 e. The van der Waals surface area contributed by atoms with Gasteiger partial charge in [-0.15, -0.1) is 0 Å². The first-order chi connectivity index (χ1) is 22.1. The summed E-state index contributed by atoms with van der Waals surface area (Å²) in [5, 5.41) is 7.89. The zero-order valence-corrected chi connectivity index (χ0v) is 25.1. The lowest BCUT2D eigenvalue weighted by Crippen LogP contribution is -2.31. The maximum Gasteiger partial charge on any atom is 0.264 e. The molecule has 1 amide bonds. The van der Waals surface area contributed by atoms with E-state index in [1.165, 1.54) is 5.56 Å². The second-order valence-corrected chi connectivity index (χ2v) is 11.8. The number of hydrogen-bond donors (Lipinski definition) is 1. The van der Waals surface area contributed by atoms with Crippen LogP contribution < -0.4 is 10.1 Å². The van der Waals surface area contributed by atoms with Gasteiger partial charge in [-0.25, -0.2) is 9.97 Å². The van der Waals surface area contributed by atoms with Gasteiger partial charge in [-0.1, -0.05) is 78.9 Å². The van der Waals surface area contributed by atoms with E-state index >= 15 is 0 Å². The van der Waals surface area contributed by atoms with Gasteiger partial charge in [0.1, 0.15) is 5.75 Å². The van der Waals surface area contributed by atoms with E-state index in [-0.39, 0.29) is 5.91 Å². The molecule has 6 aromatic carbocycles. The van der Waals surface area contributed by atoms with Crippen molar-refractivity contribution in [3.8, 4) is 5.75 Å². The van der Waals surface area contributed by atoms with Crippen LogP contribution in [-0.2, 0) is 0 Å². The highest BCUT2D eigenvalue weighted by atomic mass is 32.1. The number of aromatic nitrogens is 2. The molecule has 45 heavy (non-hydrogen) atoms. The molecule has 0 radical (unpaired) electrons. The highest BCUT2D eigenvalue weighted by Gasteiger charge is 2.26. The molecule has 6 nitrogen and oxygen atoms in total. The maximum atomic E-state index is 13.2. The Morgan fingerprint density at radius 3 is 2.04 bits per heavy atom. The van der Waals surface area contributed by atoms with E-state index in [0.717, 1.165) is 63.1 Å². The third-order valence-electron chi connectivity index (χ3n) is 8.62. The van der Waals surface area contributed by atoms with Crippen LogP contribution in [0.5, 0.6) is 5.75 Å². The highest BCUT2D eigenvalue weighted by molar-refractivity contribution is 7.80. The van der Waals surface area contributed by atoms with E-state index in [2.05, 4.69) is 64.8 Å². The number of fused-ring (bicyclic) bond motifs is 7. The van der Waals surface area contributed by atoms with Crippen molar-refractivity contribution in [1.29, 1.82) is 0 Å². The summed E-state index contributed by atoms with van der Waals surface area (Å²) in [6.45, 7) is 1.69. The van der Waals surface area contributed by atoms with E-state index < -0.39 is 0 Å². The summed E-state index contributed by atoms with van der Waals surface area (Å²) in [4.78, 5) is 25.3. The number of hydrogen-bond acceptors (Lipinski definition) is 5. The fourth-order valence-corrected chi connectivity index (χ4v) is 6.59. The summed E-state index contributed by atoms with van der Waals surface area (Å²) in [6, 6.07) is 39.8. The van der Waals surface area contributed by atoms with E-state index in [1.807, 2.05) is 42.5 Å². The molecule has 7 aromatic rings. The van der Waals surface area contributed by atoms with Crippen molar-refractivity contribution >= 4 is 72.6 Å². The SMILES string of the molecule is O=C(Nc1ccc2nc3c4ccccc4c4ccccc4c3nc2c1)c1ccc(OC(=S)N2CC[C@H](c3ccccc3)C2)cc1. The summed E-state index contributed by atoms with van der Waals surface area (Å²) in [7, 11) is 0. The van der Waals surface area contributed by atoms with Crippen molar-refractivity contribution in [2.75, 3.05) is 18.4 Å². The van der Waals surface area contributed by atoms with Gasteiger partial charge in [0.15, 0.2) is 0 Å². The summed E-state index contributed by atoms with van der Waals surface area (Å²) < 4.78 is 5.99. The van der Waals surface area contributed by atoms with Crippen molar-refractivity contribution in [3.63, 3.8) is 0 Å². The molecular weight excluding hydrogens is 577 g/mol. The summed E-state index contributed by atoms with van der Waals surface area (Å²) in [5.41, 5.74) is 5.69. The molecule has 0 spiro atoms. The van der Waals surface area contributed by atoms with Crippen molar-refractivity contribution in [1.82, 2.24) is 14.9 Å². The van der Waals surface area contributed by atoms with E-state index in [1.54, 1.807) is 24.3 Å². The van der Waals surface area contributed by atoms with Crippen LogP contribution in [0.4, 0.5) is 5.69 Å². The third kappa shape index (κ3) is 5.11. The number of likely N-dealkylation sites (tertiary alicyclic amines) is 1. The Morgan fingerprint density at radius 1 is 0.733 bits per heavy atom. The summed E-state index contributed by atoms with van der Waals surface area (Å²) in [5.74, 6) is 0.823. The molecule has 218 valence electrons. The average molecular weight is 605 g/mol. The normalized spacial score (nSPS) is 14.8. The van der Waals surface area contributed by atoms with Crippen LogP contribution >= 0.6 is 12.2 Å². The number of benzene rings is 6. The molecule has 1 fully saturated rings. The van der Waals surface area contributed by atoms with Gasteiger partial charge in [-0.3, -0.25) is 4.79 Å². The fourth-order valence-electron chi connectivity index (χ4n) is 6.32. The van der Waals surface area contributed by atoms with Crippen LogP contribution in [0.25, 0.3) is 43.6 Å².